The Morgan fingerprint density at radius 3 is 2.52 bits per heavy atom. The number of nitrogens with zero attached hydrogens (tertiary/aromatic N) is 2. The molecule has 0 saturated carbocycles. The second-order valence-electron chi connectivity index (χ2n) is 5.09. The highest BCUT2D eigenvalue weighted by molar-refractivity contribution is 9.10. The number of primary sulfonamides is 1. The van der Waals surface area contributed by atoms with Gasteiger partial charge in [-0.25, -0.2) is 22.0 Å². The van der Waals surface area contributed by atoms with Gasteiger partial charge in [-0.05, 0) is 25.0 Å². The van der Waals surface area contributed by atoms with Crippen LogP contribution in [0.25, 0.3) is 0 Å². The SMILES string of the molecule is NS(=O)(=O)[C@@H]1CCCN(S(=O)(=O)c2ccc(Br)cc2[N+](=O)[O-])C1. The highest BCUT2D eigenvalue weighted by Gasteiger charge is 2.37. The van der Waals surface area contributed by atoms with Crippen molar-refractivity contribution in [1.29, 1.82) is 0 Å². The lowest BCUT2D eigenvalue weighted by Gasteiger charge is -2.30. The van der Waals surface area contributed by atoms with Crippen molar-refractivity contribution in [3.8, 4) is 0 Å². The van der Waals surface area contributed by atoms with Gasteiger partial charge in [-0.2, -0.15) is 4.31 Å². The van der Waals surface area contributed by atoms with Crippen LogP contribution in [0.5, 0.6) is 0 Å². The number of nitrogens with two attached hydrogens (primary N) is 1. The lowest BCUT2D eigenvalue weighted by Crippen LogP contribution is -2.47. The van der Waals surface area contributed by atoms with Crippen molar-refractivity contribution in [3.05, 3.63) is 32.8 Å². The Kier molecular flexibility index (Phi) is 5.11. The third kappa shape index (κ3) is 3.88. The molecule has 1 fully saturated rings. The summed E-state index contributed by atoms with van der Waals surface area (Å²) in [5, 5.41) is 15.2. The fraction of sp³-hybridized carbons (Fsp3) is 0.455. The van der Waals surface area contributed by atoms with E-state index in [-0.39, 0.29) is 19.5 Å². The fourth-order valence-electron chi connectivity index (χ4n) is 2.38. The van der Waals surface area contributed by atoms with Crippen molar-refractivity contribution in [2.75, 3.05) is 13.1 Å². The normalized spacial score (nSPS) is 20.3. The molecular formula is C11H14BrN3O6S2. The number of rotatable bonds is 4. The molecule has 1 aromatic carbocycles. The molecule has 12 heteroatoms. The summed E-state index contributed by atoms with van der Waals surface area (Å²) >= 11 is 3.05. The van der Waals surface area contributed by atoms with Crippen molar-refractivity contribution in [2.45, 2.75) is 23.0 Å². The number of halogens is 1. The number of benzene rings is 1. The average Bonchev–Trinajstić information content (AvgIpc) is 2.46. The maximum absolute atomic E-state index is 12.7. The molecule has 0 aromatic heterocycles. The van der Waals surface area contributed by atoms with E-state index in [0.717, 1.165) is 16.4 Å². The lowest BCUT2D eigenvalue weighted by molar-refractivity contribution is -0.387. The molecule has 1 aliphatic heterocycles. The first-order valence-corrected chi connectivity index (χ1v) is 10.3. The lowest BCUT2D eigenvalue weighted by atomic mass is 10.2. The predicted molar refractivity (Wildman–Crippen MR) is 85.7 cm³/mol. The summed E-state index contributed by atoms with van der Waals surface area (Å²) in [5.41, 5.74) is -0.572. The second-order valence-corrected chi connectivity index (χ2v) is 9.75. The molecule has 1 aliphatic rings. The number of sulfonamides is 2. The number of nitro groups is 1. The zero-order valence-electron chi connectivity index (χ0n) is 11.8. The van der Waals surface area contributed by atoms with Gasteiger partial charge >= 0.3 is 0 Å². The maximum atomic E-state index is 12.7. The van der Waals surface area contributed by atoms with Crippen molar-refractivity contribution >= 4 is 41.7 Å². The van der Waals surface area contributed by atoms with Crippen molar-refractivity contribution in [2.24, 2.45) is 5.14 Å². The van der Waals surface area contributed by atoms with Crippen LogP contribution in [-0.2, 0) is 20.0 Å². The Morgan fingerprint density at radius 2 is 1.96 bits per heavy atom. The zero-order valence-corrected chi connectivity index (χ0v) is 15.0. The number of hydrogen-bond acceptors (Lipinski definition) is 6. The molecule has 0 unspecified atom stereocenters. The predicted octanol–water partition coefficient (Wildman–Crippen LogP) is 0.799. The minimum absolute atomic E-state index is 0.0849. The maximum Gasteiger partial charge on any atom is 0.290 e. The molecule has 1 saturated heterocycles. The Bertz CT molecular complexity index is 839. The van der Waals surface area contributed by atoms with Gasteiger partial charge in [0.05, 0.1) is 10.2 Å². The largest absolute Gasteiger partial charge is 0.290 e. The molecular weight excluding hydrogens is 414 g/mol. The highest BCUT2D eigenvalue weighted by Crippen LogP contribution is 2.31. The van der Waals surface area contributed by atoms with Gasteiger partial charge in [-0.1, -0.05) is 15.9 Å². The minimum atomic E-state index is -4.20. The molecule has 0 bridgehead atoms. The van der Waals surface area contributed by atoms with Crippen LogP contribution in [0, 0.1) is 10.1 Å². The molecule has 1 aromatic rings. The van der Waals surface area contributed by atoms with E-state index in [9.17, 15) is 26.9 Å². The topological polar surface area (TPSA) is 141 Å². The van der Waals surface area contributed by atoms with E-state index in [1.165, 1.54) is 6.07 Å². The summed E-state index contributed by atoms with van der Waals surface area (Å²) in [6.45, 7) is -0.226. The Balaban J connectivity index is 2.45. The molecule has 1 heterocycles. The van der Waals surface area contributed by atoms with E-state index in [1.807, 2.05) is 0 Å². The van der Waals surface area contributed by atoms with Crippen LogP contribution in [0.15, 0.2) is 27.6 Å². The van der Waals surface area contributed by atoms with Gasteiger partial charge in [0.1, 0.15) is 0 Å². The standard InChI is InChI=1S/C11H14BrN3O6S2/c12-8-3-4-11(10(6-8)15(16)17)23(20,21)14-5-1-2-9(7-14)22(13,18)19/h3-4,6,9H,1-2,5,7H2,(H2,13,18,19)/t9-/m1/s1. The van der Waals surface area contributed by atoms with E-state index in [1.54, 1.807) is 0 Å². The van der Waals surface area contributed by atoms with Crippen LogP contribution in [0.1, 0.15) is 12.8 Å². The second kappa shape index (κ2) is 6.43. The fourth-order valence-corrected chi connectivity index (χ4v) is 5.37. The van der Waals surface area contributed by atoms with E-state index in [2.05, 4.69) is 15.9 Å². The molecule has 2 N–H and O–H groups in total. The van der Waals surface area contributed by atoms with Gasteiger partial charge < -0.3 is 0 Å². The first-order valence-electron chi connectivity index (χ1n) is 6.49. The molecule has 23 heavy (non-hydrogen) atoms. The van der Waals surface area contributed by atoms with Gasteiger partial charge in [0, 0.05) is 23.6 Å². The molecule has 1 atom stereocenters. The molecule has 2 rings (SSSR count). The van der Waals surface area contributed by atoms with Crippen LogP contribution in [0.2, 0.25) is 0 Å². The first kappa shape index (κ1) is 18.3. The summed E-state index contributed by atoms with van der Waals surface area (Å²) < 4.78 is 49.5. The molecule has 0 aliphatic carbocycles. The van der Waals surface area contributed by atoms with Crippen LogP contribution in [0.4, 0.5) is 5.69 Å². The van der Waals surface area contributed by atoms with E-state index < -0.39 is 40.8 Å². The average molecular weight is 428 g/mol. The summed E-state index contributed by atoms with van der Waals surface area (Å²) in [4.78, 5) is 9.85. The van der Waals surface area contributed by atoms with Crippen molar-refractivity contribution in [1.82, 2.24) is 4.31 Å². The molecule has 128 valence electrons. The van der Waals surface area contributed by atoms with Crippen LogP contribution >= 0.6 is 15.9 Å². The van der Waals surface area contributed by atoms with Gasteiger partial charge in [0.25, 0.3) is 5.69 Å². The van der Waals surface area contributed by atoms with Gasteiger partial charge in [-0.15, -0.1) is 0 Å². The zero-order chi connectivity index (χ0) is 17.4. The van der Waals surface area contributed by atoms with Gasteiger partial charge in [-0.3, -0.25) is 10.1 Å². The Hall–Kier alpha value is -1.08. The van der Waals surface area contributed by atoms with Crippen molar-refractivity contribution < 1.29 is 21.8 Å². The quantitative estimate of drug-likeness (QED) is 0.556. The first-order chi connectivity index (χ1) is 10.5. The van der Waals surface area contributed by atoms with Crippen molar-refractivity contribution in [3.63, 3.8) is 0 Å². The minimum Gasteiger partial charge on any atom is -0.258 e. The van der Waals surface area contributed by atoms with Gasteiger partial charge in [0.2, 0.25) is 20.0 Å². The summed E-state index contributed by atoms with van der Waals surface area (Å²) in [7, 11) is -8.08. The molecule has 0 amide bonds. The smallest absolute Gasteiger partial charge is 0.258 e. The highest BCUT2D eigenvalue weighted by atomic mass is 79.9. The van der Waals surface area contributed by atoms with E-state index in [4.69, 9.17) is 5.14 Å². The monoisotopic (exact) mass is 427 g/mol. The number of hydrogen-bond donors (Lipinski definition) is 1. The van der Waals surface area contributed by atoms with E-state index in [0.29, 0.717) is 10.9 Å². The third-order valence-corrected chi connectivity index (χ3v) is 7.26. The third-order valence-electron chi connectivity index (χ3n) is 3.54. The van der Waals surface area contributed by atoms with Crippen LogP contribution < -0.4 is 5.14 Å². The molecule has 0 radical (unpaired) electrons. The molecule has 0 spiro atoms. The summed E-state index contributed by atoms with van der Waals surface area (Å²) in [5.74, 6) is 0. The number of nitro benzene ring substituents is 1. The summed E-state index contributed by atoms with van der Waals surface area (Å²) in [6.07, 6.45) is 0.567. The van der Waals surface area contributed by atoms with Crippen LogP contribution in [-0.4, -0.2) is 44.4 Å². The number of piperidine rings is 1. The molecule has 9 nitrogen and oxygen atoms in total. The summed E-state index contributed by atoms with van der Waals surface area (Å²) in [6, 6.07) is 3.59. The van der Waals surface area contributed by atoms with Crippen LogP contribution in [0.3, 0.4) is 0 Å². The van der Waals surface area contributed by atoms with E-state index >= 15 is 0 Å². The Morgan fingerprint density at radius 1 is 1.30 bits per heavy atom. The Labute approximate surface area is 141 Å². The van der Waals surface area contributed by atoms with Gasteiger partial charge in [0.15, 0.2) is 4.90 Å².